The van der Waals surface area contributed by atoms with E-state index in [-0.39, 0.29) is 6.61 Å². The highest BCUT2D eigenvalue weighted by Crippen LogP contribution is 2.00. The summed E-state index contributed by atoms with van der Waals surface area (Å²) in [6.07, 6.45) is 5.79. The van der Waals surface area contributed by atoms with Gasteiger partial charge in [0.25, 0.3) is 0 Å². The lowest BCUT2D eigenvalue weighted by Crippen LogP contribution is -1.83. The number of rotatable bonds is 3. The summed E-state index contributed by atoms with van der Waals surface area (Å²) in [7, 11) is 0. The predicted molar refractivity (Wildman–Crippen MR) is 44.8 cm³/mol. The minimum Gasteiger partial charge on any atom is -0.392 e. The third-order valence-electron chi connectivity index (χ3n) is 1.06. The summed E-state index contributed by atoms with van der Waals surface area (Å²) >= 11 is 0. The zero-order chi connectivity index (χ0) is 7.98. The van der Waals surface area contributed by atoms with Gasteiger partial charge in [0.15, 0.2) is 0 Å². The second-order valence-corrected chi connectivity index (χ2v) is 2.20. The highest BCUT2D eigenvalue weighted by atomic mass is 16.3. The Morgan fingerprint density at radius 2 is 2.20 bits per heavy atom. The molecule has 1 nitrogen and oxygen atoms in total. The third kappa shape index (κ3) is 4.10. The molecule has 0 bridgehead atoms. The first kappa shape index (κ1) is 9.18. The van der Waals surface area contributed by atoms with E-state index in [4.69, 9.17) is 5.11 Å². The summed E-state index contributed by atoms with van der Waals surface area (Å²) < 4.78 is 0. The van der Waals surface area contributed by atoms with Crippen molar-refractivity contribution in [3.8, 4) is 0 Å². The van der Waals surface area contributed by atoms with Crippen LogP contribution in [0.5, 0.6) is 0 Å². The quantitative estimate of drug-likeness (QED) is 0.592. The van der Waals surface area contributed by atoms with Gasteiger partial charge in [-0.3, -0.25) is 0 Å². The van der Waals surface area contributed by atoms with Gasteiger partial charge in [0.2, 0.25) is 0 Å². The van der Waals surface area contributed by atoms with Crippen molar-refractivity contribution in [3.63, 3.8) is 0 Å². The Balaban J connectivity index is 4.02. The van der Waals surface area contributed by atoms with E-state index in [1.165, 1.54) is 0 Å². The monoisotopic (exact) mass is 138 g/mol. The molecule has 0 rings (SSSR count). The molecule has 0 aromatic heterocycles. The maximum Gasteiger partial charge on any atom is 0.0676 e. The van der Waals surface area contributed by atoms with Crippen LogP contribution >= 0.6 is 0 Å². The molecule has 1 heteroatoms. The van der Waals surface area contributed by atoms with Gasteiger partial charge in [-0.2, -0.15) is 0 Å². The average molecular weight is 138 g/mol. The summed E-state index contributed by atoms with van der Waals surface area (Å²) in [6, 6.07) is 0. The van der Waals surface area contributed by atoms with Crippen LogP contribution in [0.3, 0.4) is 0 Å². The standard InChI is InChI=1S/C9H14O/c1-4-5-8(2)6-9(3)7-10/h4-6,10H,3,7H2,1-2H3. The van der Waals surface area contributed by atoms with Crippen molar-refractivity contribution in [3.05, 3.63) is 36.0 Å². The molecule has 0 saturated heterocycles. The van der Waals surface area contributed by atoms with Crippen molar-refractivity contribution in [2.45, 2.75) is 13.8 Å². The van der Waals surface area contributed by atoms with E-state index in [9.17, 15) is 0 Å². The van der Waals surface area contributed by atoms with Crippen LogP contribution in [0.15, 0.2) is 36.0 Å². The molecule has 0 radical (unpaired) electrons. The maximum atomic E-state index is 8.58. The van der Waals surface area contributed by atoms with Crippen LogP contribution in [0.2, 0.25) is 0 Å². The fourth-order valence-electron chi connectivity index (χ4n) is 0.679. The second-order valence-electron chi connectivity index (χ2n) is 2.20. The molecular formula is C9H14O. The zero-order valence-corrected chi connectivity index (χ0v) is 6.59. The largest absolute Gasteiger partial charge is 0.392 e. The summed E-state index contributed by atoms with van der Waals surface area (Å²) in [6.45, 7) is 7.60. The Morgan fingerprint density at radius 1 is 1.60 bits per heavy atom. The molecule has 1 N–H and O–H groups in total. The molecule has 0 amide bonds. The molecule has 0 fully saturated rings. The molecule has 0 aromatic carbocycles. The van der Waals surface area contributed by atoms with Crippen LogP contribution in [0.4, 0.5) is 0 Å². The summed E-state index contributed by atoms with van der Waals surface area (Å²) in [4.78, 5) is 0. The predicted octanol–water partition coefficient (Wildman–Crippen LogP) is 2.06. The summed E-state index contributed by atoms with van der Waals surface area (Å²) in [5.41, 5.74) is 1.86. The van der Waals surface area contributed by atoms with Crippen molar-refractivity contribution in [1.82, 2.24) is 0 Å². The van der Waals surface area contributed by atoms with Crippen LogP contribution in [0.1, 0.15) is 13.8 Å². The smallest absolute Gasteiger partial charge is 0.0676 e. The van der Waals surface area contributed by atoms with Gasteiger partial charge in [-0.25, -0.2) is 0 Å². The van der Waals surface area contributed by atoms with Crippen LogP contribution in [-0.2, 0) is 0 Å². The molecule has 0 aliphatic heterocycles. The molecule has 0 heterocycles. The molecular weight excluding hydrogens is 124 g/mol. The molecule has 0 atom stereocenters. The van der Waals surface area contributed by atoms with Gasteiger partial charge in [0.05, 0.1) is 6.61 Å². The second kappa shape index (κ2) is 5.00. The number of aliphatic hydroxyl groups is 1. The van der Waals surface area contributed by atoms with Gasteiger partial charge in [-0.15, -0.1) is 0 Å². The van der Waals surface area contributed by atoms with Gasteiger partial charge < -0.3 is 5.11 Å². The molecule has 10 heavy (non-hydrogen) atoms. The lowest BCUT2D eigenvalue weighted by molar-refractivity contribution is 0.335. The molecule has 0 aliphatic rings. The van der Waals surface area contributed by atoms with Crippen molar-refractivity contribution in [2.75, 3.05) is 6.61 Å². The highest BCUT2D eigenvalue weighted by molar-refractivity contribution is 5.26. The zero-order valence-electron chi connectivity index (χ0n) is 6.59. The van der Waals surface area contributed by atoms with Gasteiger partial charge in [-0.1, -0.05) is 30.4 Å². The Labute approximate surface area is 62.4 Å². The molecule has 0 spiro atoms. The molecule has 0 aromatic rings. The highest BCUT2D eigenvalue weighted by Gasteiger charge is 1.84. The summed E-state index contributed by atoms with van der Waals surface area (Å²) in [5, 5.41) is 8.58. The van der Waals surface area contributed by atoms with Gasteiger partial charge in [-0.05, 0) is 19.4 Å². The van der Waals surface area contributed by atoms with Crippen molar-refractivity contribution in [2.24, 2.45) is 0 Å². The van der Waals surface area contributed by atoms with Crippen LogP contribution in [-0.4, -0.2) is 11.7 Å². The average Bonchev–Trinajstić information content (AvgIpc) is 1.88. The topological polar surface area (TPSA) is 20.2 Å². The van der Waals surface area contributed by atoms with E-state index in [2.05, 4.69) is 6.58 Å². The first-order valence-corrected chi connectivity index (χ1v) is 3.30. The van der Waals surface area contributed by atoms with Gasteiger partial charge >= 0.3 is 0 Å². The Hall–Kier alpha value is -0.820. The van der Waals surface area contributed by atoms with Crippen LogP contribution in [0.25, 0.3) is 0 Å². The van der Waals surface area contributed by atoms with Crippen molar-refractivity contribution < 1.29 is 5.11 Å². The van der Waals surface area contributed by atoms with E-state index < -0.39 is 0 Å². The first-order chi connectivity index (χ1) is 4.70. The van der Waals surface area contributed by atoms with E-state index in [1.54, 1.807) is 0 Å². The molecule has 0 aliphatic carbocycles. The van der Waals surface area contributed by atoms with E-state index >= 15 is 0 Å². The Morgan fingerprint density at radius 3 is 2.60 bits per heavy atom. The normalized spacial score (nSPS) is 12.5. The van der Waals surface area contributed by atoms with Crippen LogP contribution in [0, 0.1) is 0 Å². The van der Waals surface area contributed by atoms with E-state index in [1.807, 2.05) is 32.1 Å². The lowest BCUT2D eigenvalue weighted by Gasteiger charge is -1.93. The molecule has 56 valence electrons. The fraction of sp³-hybridized carbons (Fsp3) is 0.333. The van der Waals surface area contributed by atoms with Gasteiger partial charge in [0, 0.05) is 0 Å². The minimum atomic E-state index is 0.0366. The maximum absolute atomic E-state index is 8.58. The van der Waals surface area contributed by atoms with Crippen molar-refractivity contribution in [1.29, 1.82) is 0 Å². The first-order valence-electron chi connectivity index (χ1n) is 3.30. The number of hydrogen-bond acceptors (Lipinski definition) is 1. The minimum absolute atomic E-state index is 0.0366. The molecule has 0 unspecified atom stereocenters. The Bertz CT molecular complexity index is 164. The number of hydrogen-bond donors (Lipinski definition) is 1. The summed E-state index contributed by atoms with van der Waals surface area (Å²) in [5.74, 6) is 0. The molecule has 0 saturated carbocycles. The Kier molecular flexibility index (Phi) is 4.59. The van der Waals surface area contributed by atoms with Gasteiger partial charge in [0.1, 0.15) is 0 Å². The van der Waals surface area contributed by atoms with E-state index in [0.717, 1.165) is 11.1 Å². The third-order valence-corrected chi connectivity index (χ3v) is 1.06. The van der Waals surface area contributed by atoms with Crippen LogP contribution < -0.4 is 0 Å². The SMILES string of the molecule is C=C(C=C(C)C=CC)CO. The fourth-order valence-corrected chi connectivity index (χ4v) is 0.679. The van der Waals surface area contributed by atoms with Crippen molar-refractivity contribution >= 4 is 0 Å². The van der Waals surface area contributed by atoms with E-state index in [0.29, 0.717) is 0 Å². The number of allylic oxidation sites excluding steroid dienone is 3. The number of aliphatic hydroxyl groups excluding tert-OH is 1. The lowest BCUT2D eigenvalue weighted by atomic mass is 10.2.